The summed E-state index contributed by atoms with van der Waals surface area (Å²) in [5.74, 6) is -0.503. The third-order valence-electron chi connectivity index (χ3n) is 3.96. The average Bonchev–Trinajstić information content (AvgIpc) is 2.66. The molecule has 0 N–H and O–H groups in total. The molecule has 0 aliphatic rings. The molecule has 5 nitrogen and oxygen atoms in total. The third kappa shape index (κ3) is 5.45. The molecule has 0 spiro atoms. The predicted octanol–water partition coefficient (Wildman–Crippen LogP) is 4.12. The van der Waals surface area contributed by atoms with Crippen LogP contribution in [0.25, 0.3) is 0 Å². The Morgan fingerprint density at radius 2 is 1.93 bits per heavy atom. The second kappa shape index (κ2) is 8.54. The van der Waals surface area contributed by atoms with Gasteiger partial charge in [0, 0.05) is 18.8 Å². The van der Waals surface area contributed by atoms with Crippen molar-refractivity contribution < 1.29 is 22.7 Å². The number of amides is 1. The van der Waals surface area contributed by atoms with Gasteiger partial charge in [-0.15, -0.1) is 0 Å². The fraction of sp³-hybridized carbons (Fsp3) is 0.316. The fourth-order valence-electron chi connectivity index (χ4n) is 2.52. The van der Waals surface area contributed by atoms with E-state index in [1.54, 1.807) is 29.2 Å². The van der Waals surface area contributed by atoms with Gasteiger partial charge < -0.3 is 9.64 Å². The van der Waals surface area contributed by atoms with Crippen molar-refractivity contribution in [2.75, 3.05) is 13.2 Å². The van der Waals surface area contributed by atoms with Crippen LogP contribution in [0.5, 0.6) is 5.88 Å². The van der Waals surface area contributed by atoms with Crippen molar-refractivity contribution in [2.24, 2.45) is 0 Å². The molecule has 0 aliphatic carbocycles. The van der Waals surface area contributed by atoms with Gasteiger partial charge in [-0.25, -0.2) is 4.98 Å². The number of halogens is 3. The summed E-state index contributed by atoms with van der Waals surface area (Å²) in [5.41, 5.74) is 1.64. The predicted molar refractivity (Wildman–Crippen MR) is 92.1 cm³/mol. The maximum absolute atomic E-state index is 12.8. The van der Waals surface area contributed by atoms with E-state index < -0.39 is 12.8 Å². The second-order valence-corrected chi connectivity index (χ2v) is 5.79. The summed E-state index contributed by atoms with van der Waals surface area (Å²) in [5, 5.41) is 8.87. The number of carbonyl (C=O) groups excluding carboxylic acids is 1. The van der Waals surface area contributed by atoms with Gasteiger partial charge >= 0.3 is 6.18 Å². The molecule has 142 valence electrons. The number of pyridine rings is 1. The first-order valence-electron chi connectivity index (χ1n) is 8.21. The van der Waals surface area contributed by atoms with Crippen LogP contribution in [0, 0.1) is 11.3 Å². The number of nitrogens with zero attached hydrogens (tertiary/aromatic N) is 3. The minimum Gasteiger partial charge on any atom is -0.468 e. The first-order chi connectivity index (χ1) is 12.7. The van der Waals surface area contributed by atoms with Crippen LogP contribution in [0.4, 0.5) is 13.2 Å². The zero-order valence-electron chi connectivity index (χ0n) is 14.8. The molecule has 1 amide bonds. The molecule has 2 aromatic rings. The number of carbonyl (C=O) groups is 1. The highest BCUT2D eigenvalue weighted by atomic mass is 19.4. The van der Waals surface area contributed by atoms with Gasteiger partial charge in [0.15, 0.2) is 6.61 Å². The van der Waals surface area contributed by atoms with Crippen LogP contribution in [0.1, 0.15) is 41.4 Å². The Balaban J connectivity index is 2.12. The molecular weight excluding hydrogens is 359 g/mol. The molecule has 27 heavy (non-hydrogen) atoms. The zero-order valence-corrected chi connectivity index (χ0v) is 14.8. The van der Waals surface area contributed by atoms with E-state index in [0.29, 0.717) is 12.1 Å². The number of aromatic nitrogens is 1. The van der Waals surface area contributed by atoms with Crippen molar-refractivity contribution in [1.29, 1.82) is 5.26 Å². The molecule has 0 radical (unpaired) electrons. The molecule has 0 bridgehead atoms. The molecular formula is C19H18F3N3O2. The summed E-state index contributed by atoms with van der Waals surface area (Å²) in [6.45, 7) is 2.67. The zero-order chi connectivity index (χ0) is 20.0. The van der Waals surface area contributed by atoms with Gasteiger partial charge in [-0.3, -0.25) is 4.79 Å². The van der Waals surface area contributed by atoms with E-state index in [-0.39, 0.29) is 23.4 Å². The lowest BCUT2D eigenvalue weighted by atomic mass is 10.0. The summed E-state index contributed by atoms with van der Waals surface area (Å²) in [7, 11) is 0. The molecule has 1 unspecified atom stereocenters. The minimum absolute atomic E-state index is 0.202. The second-order valence-electron chi connectivity index (χ2n) is 5.79. The van der Waals surface area contributed by atoms with Gasteiger partial charge in [-0.05, 0) is 37.6 Å². The summed E-state index contributed by atoms with van der Waals surface area (Å²) in [6.07, 6.45) is -3.26. The maximum atomic E-state index is 12.8. The standard InChI is InChI=1S/C19H18F3N3O2/c1-3-25(13(2)15-6-4-14(10-23)5-7-15)18(26)16-8-9-17(24-11-16)27-12-19(20,21)22/h4-9,11,13H,3,12H2,1-2H3. The summed E-state index contributed by atoms with van der Waals surface area (Å²) in [6, 6.07) is 11.3. The molecule has 2 rings (SSSR count). The fourth-order valence-corrected chi connectivity index (χ4v) is 2.52. The monoisotopic (exact) mass is 377 g/mol. The lowest BCUT2D eigenvalue weighted by Crippen LogP contribution is -2.33. The number of hydrogen-bond donors (Lipinski definition) is 0. The molecule has 0 saturated carbocycles. The normalized spacial score (nSPS) is 12.1. The third-order valence-corrected chi connectivity index (χ3v) is 3.96. The number of ether oxygens (including phenoxy) is 1. The topological polar surface area (TPSA) is 66.2 Å². The number of hydrogen-bond acceptors (Lipinski definition) is 4. The summed E-state index contributed by atoms with van der Waals surface area (Å²) < 4.78 is 41.0. The van der Waals surface area contributed by atoms with Gasteiger partial charge in [0.05, 0.1) is 23.2 Å². The minimum atomic E-state index is -4.45. The Labute approximate surface area is 155 Å². The molecule has 1 aromatic heterocycles. The Bertz CT molecular complexity index is 812. The van der Waals surface area contributed by atoms with Crippen LogP contribution >= 0.6 is 0 Å². The lowest BCUT2D eigenvalue weighted by Gasteiger charge is -2.28. The number of nitriles is 1. The van der Waals surface area contributed by atoms with E-state index >= 15 is 0 Å². The lowest BCUT2D eigenvalue weighted by molar-refractivity contribution is -0.154. The largest absolute Gasteiger partial charge is 0.468 e. The van der Waals surface area contributed by atoms with Gasteiger partial charge in [0.25, 0.3) is 5.91 Å². The van der Waals surface area contributed by atoms with Crippen molar-refractivity contribution in [3.8, 4) is 11.9 Å². The van der Waals surface area contributed by atoms with Crippen molar-refractivity contribution in [3.63, 3.8) is 0 Å². The molecule has 1 aromatic carbocycles. The van der Waals surface area contributed by atoms with E-state index in [1.165, 1.54) is 18.3 Å². The highest BCUT2D eigenvalue weighted by Gasteiger charge is 2.28. The van der Waals surface area contributed by atoms with Crippen molar-refractivity contribution in [3.05, 3.63) is 59.3 Å². The van der Waals surface area contributed by atoms with E-state index in [9.17, 15) is 18.0 Å². The Morgan fingerprint density at radius 1 is 1.26 bits per heavy atom. The highest BCUT2D eigenvalue weighted by molar-refractivity contribution is 5.94. The highest BCUT2D eigenvalue weighted by Crippen LogP contribution is 2.23. The summed E-state index contributed by atoms with van der Waals surface area (Å²) in [4.78, 5) is 18.1. The molecule has 0 saturated heterocycles. The van der Waals surface area contributed by atoms with Crippen LogP contribution in [0.2, 0.25) is 0 Å². The van der Waals surface area contributed by atoms with Crippen LogP contribution in [-0.4, -0.2) is 35.1 Å². The van der Waals surface area contributed by atoms with Crippen molar-refractivity contribution in [1.82, 2.24) is 9.88 Å². The first-order valence-corrected chi connectivity index (χ1v) is 8.21. The number of alkyl halides is 3. The van der Waals surface area contributed by atoms with E-state index in [2.05, 4.69) is 9.72 Å². The van der Waals surface area contributed by atoms with E-state index in [0.717, 1.165) is 5.56 Å². The number of rotatable bonds is 6. The Hall–Kier alpha value is -3.08. The van der Waals surface area contributed by atoms with E-state index in [1.807, 2.05) is 19.9 Å². The SMILES string of the molecule is CCN(C(=O)c1ccc(OCC(F)(F)F)nc1)C(C)c1ccc(C#N)cc1. The first kappa shape index (κ1) is 20.2. The average molecular weight is 377 g/mol. The van der Waals surface area contributed by atoms with Gasteiger partial charge in [0.1, 0.15) is 0 Å². The maximum Gasteiger partial charge on any atom is 0.422 e. The van der Waals surface area contributed by atoms with E-state index in [4.69, 9.17) is 5.26 Å². The molecule has 0 fully saturated rings. The van der Waals surface area contributed by atoms with Gasteiger partial charge in [-0.2, -0.15) is 18.4 Å². The smallest absolute Gasteiger partial charge is 0.422 e. The van der Waals surface area contributed by atoms with Crippen LogP contribution in [-0.2, 0) is 0 Å². The summed E-state index contributed by atoms with van der Waals surface area (Å²) >= 11 is 0. The molecule has 8 heteroatoms. The number of benzene rings is 1. The molecule has 1 atom stereocenters. The van der Waals surface area contributed by atoms with Gasteiger partial charge in [0.2, 0.25) is 5.88 Å². The Kier molecular flexibility index (Phi) is 6.40. The van der Waals surface area contributed by atoms with Crippen molar-refractivity contribution >= 4 is 5.91 Å². The Morgan fingerprint density at radius 3 is 2.41 bits per heavy atom. The van der Waals surface area contributed by atoms with Crippen LogP contribution < -0.4 is 4.74 Å². The molecule has 1 heterocycles. The van der Waals surface area contributed by atoms with Gasteiger partial charge in [-0.1, -0.05) is 12.1 Å². The quantitative estimate of drug-likeness (QED) is 0.760. The molecule has 0 aliphatic heterocycles. The van der Waals surface area contributed by atoms with Crippen LogP contribution in [0.15, 0.2) is 42.6 Å². The van der Waals surface area contributed by atoms with Crippen molar-refractivity contribution in [2.45, 2.75) is 26.1 Å². The van der Waals surface area contributed by atoms with Crippen LogP contribution in [0.3, 0.4) is 0 Å².